The summed E-state index contributed by atoms with van der Waals surface area (Å²) in [6.45, 7) is 1.95. The highest BCUT2D eigenvalue weighted by Crippen LogP contribution is 2.24. The van der Waals surface area contributed by atoms with Crippen LogP contribution >= 0.6 is 15.9 Å². The maximum atomic E-state index is 13.7. The SMILES string of the molecule is CC(c1ccccc1)C(O)Cc1cc(Br)ccc1F. The molecule has 0 radical (unpaired) electrons. The van der Waals surface area contributed by atoms with Crippen LogP contribution in [0.25, 0.3) is 0 Å². The van der Waals surface area contributed by atoms with Crippen molar-refractivity contribution in [2.45, 2.75) is 25.4 Å². The van der Waals surface area contributed by atoms with E-state index < -0.39 is 6.10 Å². The van der Waals surface area contributed by atoms with E-state index in [4.69, 9.17) is 0 Å². The molecule has 2 aromatic rings. The predicted octanol–water partition coefficient (Wildman–Crippen LogP) is 4.30. The van der Waals surface area contributed by atoms with Gasteiger partial charge in [-0.1, -0.05) is 53.2 Å². The van der Waals surface area contributed by atoms with Gasteiger partial charge in [0.15, 0.2) is 0 Å². The molecule has 0 bridgehead atoms. The van der Waals surface area contributed by atoms with Crippen molar-refractivity contribution >= 4 is 15.9 Å². The molecule has 0 spiro atoms. The second kappa shape index (κ2) is 6.31. The van der Waals surface area contributed by atoms with Gasteiger partial charge in [-0.25, -0.2) is 4.39 Å². The Bertz CT molecular complexity index is 542. The molecule has 1 N–H and O–H groups in total. The maximum Gasteiger partial charge on any atom is 0.126 e. The van der Waals surface area contributed by atoms with Crippen molar-refractivity contribution in [1.82, 2.24) is 0 Å². The molecule has 1 nitrogen and oxygen atoms in total. The van der Waals surface area contributed by atoms with Gasteiger partial charge in [0.05, 0.1) is 6.10 Å². The minimum Gasteiger partial charge on any atom is -0.392 e. The molecule has 0 fully saturated rings. The normalized spacial score (nSPS) is 14.1. The Balaban J connectivity index is 2.12. The Kier molecular flexibility index (Phi) is 4.72. The standard InChI is InChI=1S/C16H16BrFO/c1-11(12-5-3-2-4-6-12)16(19)10-13-9-14(17)7-8-15(13)18/h2-9,11,16,19H,10H2,1H3. The van der Waals surface area contributed by atoms with Gasteiger partial charge < -0.3 is 5.11 Å². The molecule has 19 heavy (non-hydrogen) atoms. The fourth-order valence-electron chi connectivity index (χ4n) is 2.08. The number of benzene rings is 2. The summed E-state index contributed by atoms with van der Waals surface area (Å²) in [7, 11) is 0. The van der Waals surface area contributed by atoms with Crippen LogP contribution in [0.1, 0.15) is 24.0 Å². The smallest absolute Gasteiger partial charge is 0.126 e. The van der Waals surface area contributed by atoms with E-state index >= 15 is 0 Å². The first-order chi connectivity index (χ1) is 9.08. The highest BCUT2D eigenvalue weighted by molar-refractivity contribution is 9.10. The van der Waals surface area contributed by atoms with Crippen molar-refractivity contribution < 1.29 is 9.50 Å². The lowest BCUT2D eigenvalue weighted by atomic mass is 9.91. The Hall–Kier alpha value is -1.19. The second-order valence-corrected chi connectivity index (χ2v) is 5.62. The predicted molar refractivity (Wildman–Crippen MR) is 78.7 cm³/mol. The average molecular weight is 323 g/mol. The average Bonchev–Trinajstić information content (AvgIpc) is 2.43. The number of aliphatic hydroxyl groups is 1. The molecule has 2 unspecified atom stereocenters. The number of hydrogen-bond donors (Lipinski definition) is 1. The third-order valence-corrected chi connectivity index (χ3v) is 3.83. The first-order valence-corrected chi connectivity index (χ1v) is 7.04. The summed E-state index contributed by atoms with van der Waals surface area (Å²) >= 11 is 3.32. The van der Waals surface area contributed by atoms with E-state index in [2.05, 4.69) is 15.9 Å². The van der Waals surface area contributed by atoms with Crippen LogP contribution < -0.4 is 0 Å². The van der Waals surface area contributed by atoms with Crippen molar-refractivity contribution in [3.63, 3.8) is 0 Å². The van der Waals surface area contributed by atoms with Crippen molar-refractivity contribution in [3.8, 4) is 0 Å². The summed E-state index contributed by atoms with van der Waals surface area (Å²) in [5.41, 5.74) is 1.59. The summed E-state index contributed by atoms with van der Waals surface area (Å²) in [5, 5.41) is 10.3. The highest BCUT2D eigenvalue weighted by atomic mass is 79.9. The zero-order chi connectivity index (χ0) is 13.8. The van der Waals surface area contributed by atoms with Gasteiger partial charge in [-0.2, -0.15) is 0 Å². The van der Waals surface area contributed by atoms with E-state index in [1.807, 2.05) is 37.3 Å². The molecule has 0 aliphatic heterocycles. The van der Waals surface area contributed by atoms with Gasteiger partial charge in [-0.3, -0.25) is 0 Å². The lowest BCUT2D eigenvalue weighted by Crippen LogP contribution is -2.19. The second-order valence-electron chi connectivity index (χ2n) is 4.71. The van der Waals surface area contributed by atoms with Crippen LogP contribution in [0.15, 0.2) is 53.0 Å². The van der Waals surface area contributed by atoms with Gasteiger partial charge in [0, 0.05) is 16.8 Å². The van der Waals surface area contributed by atoms with Crippen LogP contribution in [-0.2, 0) is 6.42 Å². The van der Waals surface area contributed by atoms with E-state index in [1.54, 1.807) is 12.1 Å². The van der Waals surface area contributed by atoms with Crippen molar-refractivity contribution in [1.29, 1.82) is 0 Å². The first kappa shape index (κ1) is 14.2. The quantitative estimate of drug-likeness (QED) is 0.890. The lowest BCUT2D eigenvalue weighted by Gasteiger charge is -2.19. The molecule has 100 valence electrons. The minimum atomic E-state index is -0.605. The summed E-state index contributed by atoms with van der Waals surface area (Å²) in [6.07, 6.45) is -0.298. The van der Waals surface area contributed by atoms with Gasteiger partial charge in [-0.05, 0) is 29.3 Å². The van der Waals surface area contributed by atoms with E-state index in [1.165, 1.54) is 6.07 Å². The van der Waals surface area contributed by atoms with E-state index in [-0.39, 0.29) is 11.7 Å². The Labute approximate surface area is 121 Å². The van der Waals surface area contributed by atoms with E-state index in [9.17, 15) is 9.50 Å². The number of hydrogen-bond acceptors (Lipinski definition) is 1. The third-order valence-electron chi connectivity index (χ3n) is 3.34. The third kappa shape index (κ3) is 3.64. The van der Waals surface area contributed by atoms with Crippen LogP contribution in [0.3, 0.4) is 0 Å². The van der Waals surface area contributed by atoms with E-state index in [0.29, 0.717) is 12.0 Å². The monoisotopic (exact) mass is 322 g/mol. The summed E-state index contributed by atoms with van der Waals surface area (Å²) in [4.78, 5) is 0. The summed E-state index contributed by atoms with van der Waals surface area (Å²) in [6, 6.07) is 14.6. The number of halogens is 2. The molecular weight excluding hydrogens is 307 g/mol. The van der Waals surface area contributed by atoms with Crippen molar-refractivity contribution in [3.05, 3.63) is 69.9 Å². The fourth-order valence-corrected chi connectivity index (χ4v) is 2.49. The topological polar surface area (TPSA) is 20.2 Å². The first-order valence-electron chi connectivity index (χ1n) is 6.25. The number of rotatable bonds is 4. The zero-order valence-corrected chi connectivity index (χ0v) is 12.3. The molecule has 3 heteroatoms. The summed E-state index contributed by atoms with van der Waals surface area (Å²) in [5.74, 6) is -0.304. The molecule has 0 aliphatic rings. The minimum absolute atomic E-state index is 0.0282. The maximum absolute atomic E-state index is 13.7. The Morgan fingerprint density at radius 1 is 1.16 bits per heavy atom. The molecular formula is C16H16BrFO. The van der Waals surface area contributed by atoms with Crippen LogP contribution in [0.5, 0.6) is 0 Å². The van der Waals surface area contributed by atoms with E-state index in [0.717, 1.165) is 10.0 Å². The molecule has 0 heterocycles. The molecule has 0 aliphatic carbocycles. The number of aliphatic hydroxyl groups excluding tert-OH is 1. The summed E-state index contributed by atoms with van der Waals surface area (Å²) < 4.78 is 14.5. The van der Waals surface area contributed by atoms with Gasteiger partial charge >= 0.3 is 0 Å². The lowest BCUT2D eigenvalue weighted by molar-refractivity contribution is 0.148. The zero-order valence-electron chi connectivity index (χ0n) is 10.7. The molecule has 0 saturated heterocycles. The molecule has 2 rings (SSSR count). The van der Waals surface area contributed by atoms with Gasteiger partial charge in [0.2, 0.25) is 0 Å². The molecule has 0 aromatic heterocycles. The molecule has 2 aromatic carbocycles. The van der Waals surface area contributed by atoms with Crippen LogP contribution in [-0.4, -0.2) is 11.2 Å². The fraction of sp³-hybridized carbons (Fsp3) is 0.250. The Morgan fingerprint density at radius 2 is 1.84 bits per heavy atom. The molecule has 2 atom stereocenters. The van der Waals surface area contributed by atoms with Crippen LogP contribution in [0.2, 0.25) is 0 Å². The van der Waals surface area contributed by atoms with Crippen molar-refractivity contribution in [2.75, 3.05) is 0 Å². The van der Waals surface area contributed by atoms with Gasteiger partial charge in [0.25, 0.3) is 0 Å². The molecule has 0 saturated carbocycles. The van der Waals surface area contributed by atoms with Gasteiger partial charge in [-0.15, -0.1) is 0 Å². The largest absolute Gasteiger partial charge is 0.392 e. The van der Waals surface area contributed by atoms with Crippen LogP contribution in [0.4, 0.5) is 4.39 Å². The molecule has 0 amide bonds. The van der Waals surface area contributed by atoms with Gasteiger partial charge in [0.1, 0.15) is 5.82 Å². The highest BCUT2D eigenvalue weighted by Gasteiger charge is 2.18. The van der Waals surface area contributed by atoms with Crippen LogP contribution in [0, 0.1) is 5.82 Å². The van der Waals surface area contributed by atoms with Crippen molar-refractivity contribution in [2.24, 2.45) is 0 Å². The Morgan fingerprint density at radius 3 is 2.53 bits per heavy atom.